The van der Waals surface area contributed by atoms with Gasteiger partial charge < -0.3 is 14.4 Å². The molecule has 5 nitrogen and oxygen atoms in total. The molecule has 0 amide bonds. The van der Waals surface area contributed by atoms with Gasteiger partial charge in [-0.25, -0.2) is 4.39 Å². The maximum absolute atomic E-state index is 13.6. The fraction of sp³-hybridized carbons (Fsp3) is 0.250. The number of aryl methyl sites for hydroxylation is 1. The van der Waals surface area contributed by atoms with E-state index in [4.69, 9.17) is 16.3 Å². The molecule has 7 heteroatoms. The Balaban J connectivity index is 2.04. The Bertz CT molecular complexity index is 1270. The number of carboxylic acids is 1. The van der Waals surface area contributed by atoms with Crippen LogP contribution in [0.25, 0.3) is 22.3 Å². The minimum absolute atomic E-state index is 0.121. The predicted molar refractivity (Wildman–Crippen MR) is 117 cm³/mol. The lowest BCUT2D eigenvalue weighted by Gasteiger charge is -2.22. The number of carbonyl (C=O) groups is 1. The van der Waals surface area contributed by atoms with Crippen LogP contribution in [0.1, 0.15) is 23.2 Å². The molecule has 0 spiro atoms. The lowest BCUT2D eigenvalue weighted by Crippen LogP contribution is -2.26. The number of hydrogen-bond donors (Lipinski definition) is 1. The molecule has 31 heavy (non-hydrogen) atoms. The number of pyridine rings is 1. The van der Waals surface area contributed by atoms with Crippen molar-refractivity contribution in [3.63, 3.8) is 0 Å². The van der Waals surface area contributed by atoms with Crippen LogP contribution in [0.2, 0.25) is 5.02 Å². The topological polar surface area (TPSA) is 68.5 Å². The number of fused-ring (bicyclic) bond motifs is 1. The van der Waals surface area contributed by atoms with E-state index in [0.717, 1.165) is 35.8 Å². The van der Waals surface area contributed by atoms with Gasteiger partial charge in [0.1, 0.15) is 11.6 Å². The zero-order valence-corrected chi connectivity index (χ0v) is 17.9. The van der Waals surface area contributed by atoms with Crippen LogP contribution in [0.4, 0.5) is 4.39 Å². The van der Waals surface area contributed by atoms with E-state index in [2.05, 4.69) is 0 Å². The summed E-state index contributed by atoms with van der Waals surface area (Å²) in [6.07, 6.45) is 1.45. The molecule has 0 fully saturated rings. The first-order chi connectivity index (χ1) is 14.8. The Morgan fingerprint density at radius 1 is 1.23 bits per heavy atom. The van der Waals surface area contributed by atoms with Gasteiger partial charge in [-0.3, -0.25) is 9.59 Å². The van der Waals surface area contributed by atoms with Gasteiger partial charge in [0.05, 0.1) is 23.6 Å². The van der Waals surface area contributed by atoms with Crippen molar-refractivity contribution in [1.29, 1.82) is 0 Å². The van der Waals surface area contributed by atoms with E-state index in [1.807, 2.05) is 18.2 Å². The number of aromatic nitrogens is 1. The fourth-order valence-electron chi connectivity index (χ4n) is 4.22. The number of nitrogens with zero attached hydrogens (tertiary/aromatic N) is 1. The first-order valence-electron chi connectivity index (χ1n) is 9.93. The minimum atomic E-state index is -1.04. The molecule has 160 valence electrons. The second-order valence-electron chi connectivity index (χ2n) is 7.66. The van der Waals surface area contributed by atoms with Crippen LogP contribution in [0.15, 0.2) is 41.2 Å². The molecule has 0 saturated carbocycles. The summed E-state index contributed by atoms with van der Waals surface area (Å²) in [4.78, 5) is 24.9. The van der Waals surface area contributed by atoms with Crippen molar-refractivity contribution < 1.29 is 19.0 Å². The van der Waals surface area contributed by atoms with Crippen LogP contribution in [-0.2, 0) is 24.7 Å². The zero-order chi connectivity index (χ0) is 22.3. The summed E-state index contributed by atoms with van der Waals surface area (Å²) >= 11 is 6.28. The molecule has 0 radical (unpaired) electrons. The number of carboxylic acid groups (broad SMARTS) is 1. The van der Waals surface area contributed by atoms with Crippen molar-refractivity contribution in [2.24, 2.45) is 7.05 Å². The first kappa shape index (κ1) is 21.1. The number of aliphatic carboxylic acids is 1. The third kappa shape index (κ3) is 3.83. The van der Waals surface area contributed by atoms with Crippen LogP contribution in [0.5, 0.6) is 5.75 Å². The number of rotatable bonds is 4. The van der Waals surface area contributed by atoms with E-state index in [0.29, 0.717) is 34.6 Å². The van der Waals surface area contributed by atoms with Crippen LogP contribution in [0, 0.1) is 12.7 Å². The van der Waals surface area contributed by atoms with Crippen LogP contribution < -0.4 is 10.3 Å². The van der Waals surface area contributed by atoms with Gasteiger partial charge in [-0.15, -0.1) is 0 Å². The van der Waals surface area contributed by atoms with Gasteiger partial charge in [0.2, 0.25) is 0 Å². The number of halogens is 2. The average molecular weight is 442 g/mol. The second kappa shape index (κ2) is 8.19. The molecule has 0 unspecified atom stereocenters. The molecule has 2 aromatic carbocycles. The maximum atomic E-state index is 13.6. The molecule has 1 aromatic heterocycles. The summed E-state index contributed by atoms with van der Waals surface area (Å²) in [6.45, 7) is 2.44. The molecular weight excluding hydrogens is 421 g/mol. The molecule has 0 atom stereocenters. The van der Waals surface area contributed by atoms with E-state index < -0.39 is 11.8 Å². The average Bonchev–Trinajstić information content (AvgIpc) is 2.73. The summed E-state index contributed by atoms with van der Waals surface area (Å²) in [5.74, 6) is -0.718. The van der Waals surface area contributed by atoms with Crippen molar-refractivity contribution in [2.75, 3.05) is 6.61 Å². The smallest absolute Gasteiger partial charge is 0.309 e. The van der Waals surface area contributed by atoms with Crippen molar-refractivity contribution in [1.82, 2.24) is 4.57 Å². The Hall–Kier alpha value is -3.12. The molecular formula is C24H21ClFNO4. The van der Waals surface area contributed by atoms with Gasteiger partial charge in [0.25, 0.3) is 5.56 Å². The summed E-state index contributed by atoms with van der Waals surface area (Å²) in [5.41, 5.74) is 3.85. The highest BCUT2D eigenvalue weighted by Gasteiger charge is 2.24. The Labute approximate surface area is 183 Å². The summed E-state index contributed by atoms with van der Waals surface area (Å²) in [6, 6.07) is 9.63. The fourth-order valence-corrected chi connectivity index (χ4v) is 4.48. The molecule has 1 aliphatic heterocycles. The van der Waals surface area contributed by atoms with Gasteiger partial charge in [0.15, 0.2) is 0 Å². The third-order valence-corrected chi connectivity index (χ3v) is 5.99. The Morgan fingerprint density at radius 3 is 2.71 bits per heavy atom. The molecule has 1 N–H and O–H groups in total. The Kier molecular flexibility index (Phi) is 5.58. The standard InChI is InChI=1S/C24H21ClFNO4/c1-13-22(15-5-8-20-14(10-15)4-3-9-31-20)19(12-21(28)29)27(2)24(30)23(13)17-7-6-16(26)11-18(17)25/h5-8,10-11H,3-4,9,12H2,1-2H3,(H,28,29). The lowest BCUT2D eigenvalue weighted by atomic mass is 9.89. The minimum Gasteiger partial charge on any atom is -0.493 e. The molecule has 2 heterocycles. The van der Waals surface area contributed by atoms with E-state index in [9.17, 15) is 19.1 Å². The van der Waals surface area contributed by atoms with Gasteiger partial charge in [0, 0.05) is 23.9 Å². The molecule has 1 aliphatic rings. The number of benzene rings is 2. The van der Waals surface area contributed by atoms with E-state index >= 15 is 0 Å². The Morgan fingerprint density at radius 2 is 2.00 bits per heavy atom. The van der Waals surface area contributed by atoms with Gasteiger partial charge in [-0.1, -0.05) is 17.7 Å². The molecule has 0 saturated heterocycles. The van der Waals surface area contributed by atoms with Gasteiger partial charge >= 0.3 is 5.97 Å². The first-order valence-corrected chi connectivity index (χ1v) is 10.3. The molecule has 3 aromatic rings. The second-order valence-corrected chi connectivity index (χ2v) is 8.06. The zero-order valence-electron chi connectivity index (χ0n) is 17.2. The van der Waals surface area contributed by atoms with Crippen molar-refractivity contribution in [3.8, 4) is 28.0 Å². The normalized spacial score (nSPS) is 12.9. The van der Waals surface area contributed by atoms with Crippen LogP contribution in [-0.4, -0.2) is 22.2 Å². The highest BCUT2D eigenvalue weighted by Crippen LogP contribution is 2.37. The van der Waals surface area contributed by atoms with Crippen molar-refractivity contribution in [2.45, 2.75) is 26.2 Å². The van der Waals surface area contributed by atoms with Crippen LogP contribution >= 0.6 is 11.6 Å². The van der Waals surface area contributed by atoms with E-state index in [-0.39, 0.29) is 17.0 Å². The van der Waals surface area contributed by atoms with Gasteiger partial charge in [-0.05, 0) is 66.8 Å². The molecule has 0 aliphatic carbocycles. The summed E-state index contributed by atoms with van der Waals surface area (Å²) in [7, 11) is 1.55. The van der Waals surface area contributed by atoms with Crippen molar-refractivity contribution >= 4 is 17.6 Å². The van der Waals surface area contributed by atoms with Crippen molar-refractivity contribution in [3.05, 3.63) is 74.4 Å². The third-order valence-electron chi connectivity index (χ3n) is 5.68. The maximum Gasteiger partial charge on any atom is 0.309 e. The highest BCUT2D eigenvalue weighted by atomic mass is 35.5. The van der Waals surface area contributed by atoms with Gasteiger partial charge in [-0.2, -0.15) is 0 Å². The number of ether oxygens (including phenoxy) is 1. The van der Waals surface area contributed by atoms with Crippen LogP contribution in [0.3, 0.4) is 0 Å². The SMILES string of the molecule is Cc1c(-c2ccc3c(c2)CCCO3)c(CC(=O)O)n(C)c(=O)c1-c1ccc(F)cc1Cl. The largest absolute Gasteiger partial charge is 0.493 e. The summed E-state index contributed by atoms with van der Waals surface area (Å²) in [5, 5.41) is 9.62. The summed E-state index contributed by atoms with van der Waals surface area (Å²) < 4.78 is 20.7. The molecule has 4 rings (SSSR count). The quantitative estimate of drug-likeness (QED) is 0.633. The molecule has 0 bridgehead atoms. The lowest BCUT2D eigenvalue weighted by molar-refractivity contribution is -0.136. The van der Waals surface area contributed by atoms with E-state index in [1.54, 1.807) is 14.0 Å². The monoisotopic (exact) mass is 441 g/mol. The van der Waals surface area contributed by atoms with E-state index in [1.165, 1.54) is 16.7 Å². The highest BCUT2D eigenvalue weighted by molar-refractivity contribution is 6.33. The number of hydrogen-bond acceptors (Lipinski definition) is 3. The predicted octanol–water partition coefficient (Wildman–Crippen LogP) is 4.77.